The van der Waals surface area contributed by atoms with Gasteiger partial charge in [0.25, 0.3) is 0 Å². The summed E-state index contributed by atoms with van der Waals surface area (Å²) in [5.41, 5.74) is -1.90. The Morgan fingerprint density at radius 3 is 2.39 bits per heavy atom. The molecule has 1 aliphatic carbocycles. The molecule has 0 amide bonds. The Morgan fingerprint density at radius 2 is 1.86 bits per heavy atom. The van der Waals surface area contributed by atoms with Crippen LogP contribution in [0.3, 0.4) is 0 Å². The Balaban J connectivity index is 2.55. The van der Waals surface area contributed by atoms with E-state index in [1.54, 1.807) is 18.2 Å². The summed E-state index contributed by atoms with van der Waals surface area (Å²) in [5, 5.41) is 0. The van der Waals surface area contributed by atoms with E-state index in [1.807, 2.05) is 19.1 Å². The average molecular weight is 388 g/mol. The van der Waals surface area contributed by atoms with Gasteiger partial charge in [-0.15, -0.1) is 0 Å². The second kappa shape index (κ2) is 8.82. The van der Waals surface area contributed by atoms with Crippen LogP contribution in [0.15, 0.2) is 48.8 Å². The number of carbonyl (C=O) groups is 4. The van der Waals surface area contributed by atoms with E-state index >= 15 is 0 Å². The number of hydrogen-bond donors (Lipinski definition) is 0. The number of allylic oxidation sites excluding steroid dienone is 6. The minimum Gasteiger partial charge on any atom is -0.456 e. The molecular formula is C21H24O7. The highest BCUT2D eigenvalue weighted by Gasteiger charge is 2.67. The fraction of sp³-hybridized carbons (Fsp3) is 0.429. The van der Waals surface area contributed by atoms with Crippen molar-refractivity contribution in [1.82, 2.24) is 0 Å². The van der Waals surface area contributed by atoms with Crippen LogP contribution in [0, 0.1) is 11.3 Å². The number of hydrogen-bond acceptors (Lipinski definition) is 7. The van der Waals surface area contributed by atoms with Crippen LogP contribution in [0.5, 0.6) is 0 Å². The number of rotatable bonds is 6. The van der Waals surface area contributed by atoms with E-state index in [9.17, 15) is 19.2 Å². The molecule has 0 bridgehead atoms. The van der Waals surface area contributed by atoms with E-state index in [0.717, 1.165) is 19.8 Å². The molecule has 0 aromatic heterocycles. The highest BCUT2D eigenvalue weighted by Crippen LogP contribution is 2.49. The minimum atomic E-state index is -1.90. The van der Waals surface area contributed by atoms with Gasteiger partial charge in [0.15, 0.2) is 23.4 Å². The zero-order valence-electron chi connectivity index (χ0n) is 16.2. The monoisotopic (exact) mass is 388 g/mol. The predicted molar refractivity (Wildman–Crippen MR) is 99.6 cm³/mol. The molecule has 0 unspecified atom stereocenters. The molecule has 28 heavy (non-hydrogen) atoms. The van der Waals surface area contributed by atoms with Gasteiger partial charge in [-0.05, 0) is 12.5 Å². The van der Waals surface area contributed by atoms with E-state index in [-0.39, 0.29) is 5.76 Å². The maximum absolute atomic E-state index is 13.0. The summed E-state index contributed by atoms with van der Waals surface area (Å²) in [5.74, 6) is -4.05. The first-order chi connectivity index (χ1) is 13.2. The lowest BCUT2D eigenvalue weighted by Gasteiger charge is -2.41. The molecule has 1 heterocycles. The van der Waals surface area contributed by atoms with Crippen molar-refractivity contribution >= 4 is 23.7 Å². The average Bonchev–Trinajstić information content (AvgIpc) is 2.83. The summed E-state index contributed by atoms with van der Waals surface area (Å²) < 4.78 is 15.5. The molecule has 0 saturated carbocycles. The van der Waals surface area contributed by atoms with Crippen LogP contribution < -0.4 is 0 Å². The van der Waals surface area contributed by atoms with Crippen molar-refractivity contribution in [1.29, 1.82) is 0 Å². The largest absolute Gasteiger partial charge is 0.456 e. The molecule has 4 atom stereocenters. The van der Waals surface area contributed by atoms with Gasteiger partial charge in [-0.3, -0.25) is 19.2 Å². The summed E-state index contributed by atoms with van der Waals surface area (Å²) in [6.45, 7) is 7.86. The SMILES string of the molecule is C=C1OC(=O)[C@]2(C1=O)[C@H](/C=C/C=C/CCC)C=C[C@@H](OC(C)=O)[C@@H]2OC(C)=O. The highest BCUT2D eigenvalue weighted by atomic mass is 16.6. The molecule has 2 rings (SSSR count). The highest BCUT2D eigenvalue weighted by molar-refractivity contribution is 6.18. The smallest absolute Gasteiger partial charge is 0.330 e. The third kappa shape index (κ3) is 3.98. The van der Waals surface area contributed by atoms with Gasteiger partial charge >= 0.3 is 17.9 Å². The van der Waals surface area contributed by atoms with Crippen molar-refractivity contribution in [2.24, 2.45) is 11.3 Å². The maximum Gasteiger partial charge on any atom is 0.330 e. The van der Waals surface area contributed by atoms with Gasteiger partial charge in [0.2, 0.25) is 5.78 Å². The van der Waals surface area contributed by atoms with E-state index in [1.165, 1.54) is 13.0 Å². The van der Waals surface area contributed by atoms with Crippen LogP contribution in [-0.4, -0.2) is 35.9 Å². The molecule has 1 saturated heterocycles. The van der Waals surface area contributed by atoms with E-state index in [2.05, 4.69) is 6.58 Å². The number of ether oxygens (including phenoxy) is 3. The van der Waals surface area contributed by atoms with Gasteiger partial charge < -0.3 is 14.2 Å². The quantitative estimate of drug-likeness (QED) is 0.172. The summed E-state index contributed by atoms with van der Waals surface area (Å²) in [7, 11) is 0. The van der Waals surface area contributed by atoms with Crippen LogP contribution in [-0.2, 0) is 33.4 Å². The first-order valence-corrected chi connectivity index (χ1v) is 9.07. The molecule has 7 heteroatoms. The van der Waals surface area contributed by atoms with Gasteiger partial charge in [-0.25, -0.2) is 0 Å². The van der Waals surface area contributed by atoms with E-state index < -0.39 is 47.2 Å². The van der Waals surface area contributed by atoms with Gasteiger partial charge in [0.05, 0.1) is 0 Å². The number of Topliss-reactive ketones (excluding diaryl/α,β-unsaturated/α-hetero) is 1. The van der Waals surface area contributed by atoms with Crippen molar-refractivity contribution in [3.63, 3.8) is 0 Å². The summed E-state index contributed by atoms with van der Waals surface area (Å²) in [4.78, 5) is 49.0. The fourth-order valence-corrected chi connectivity index (χ4v) is 3.40. The molecule has 1 aliphatic heterocycles. The van der Waals surface area contributed by atoms with Crippen molar-refractivity contribution in [2.45, 2.75) is 45.8 Å². The predicted octanol–water partition coefficient (Wildman–Crippen LogP) is 2.57. The molecule has 2 aliphatic rings. The normalized spacial score (nSPS) is 29.7. The first kappa shape index (κ1) is 21.3. The van der Waals surface area contributed by atoms with Crippen LogP contribution >= 0.6 is 0 Å². The standard InChI is InChI=1S/C21H24O7/c1-5-6-7-8-9-10-16-11-12-17(27-14(3)22)19(28-15(4)23)21(16)18(24)13(2)26-20(21)25/h7-12,16-17,19H,2,5-6H2,1,3-4H3/b8-7+,10-9+/t16-,17-,19+,21+/m1/s1. The molecule has 0 aromatic carbocycles. The molecule has 0 aromatic rings. The van der Waals surface area contributed by atoms with E-state index in [4.69, 9.17) is 14.2 Å². The molecule has 0 radical (unpaired) electrons. The number of ketones is 1. The van der Waals surface area contributed by atoms with Gasteiger partial charge in [-0.1, -0.05) is 50.3 Å². The van der Waals surface area contributed by atoms with Gasteiger partial charge in [0.1, 0.15) is 0 Å². The second-order valence-corrected chi connectivity index (χ2v) is 6.63. The summed E-state index contributed by atoms with van der Waals surface area (Å²) >= 11 is 0. The van der Waals surface area contributed by atoms with Crippen LogP contribution in [0.25, 0.3) is 0 Å². The lowest BCUT2D eigenvalue weighted by Crippen LogP contribution is -2.58. The van der Waals surface area contributed by atoms with Crippen LogP contribution in [0.1, 0.15) is 33.6 Å². The van der Waals surface area contributed by atoms with Crippen LogP contribution in [0.4, 0.5) is 0 Å². The number of carbonyl (C=O) groups excluding carboxylic acids is 4. The minimum absolute atomic E-state index is 0.334. The Kier molecular flexibility index (Phi) is 6.72. The Morgan fingerprint density at radius 1 is 1.18 bits per heavy atom. The van der Waals surface area contributed by atoms with Gasteiger partial charge in [-0.2, -0.15) is 0 Å². The third-order valence-corrected chi connectivity index (χ3v) is 4.58. The summed E-state index contributed by atoms with van der Waals surface area (Å²) in [6, 6.07) is 0. The van der Waals surface area contributed by atoms with Gasteiger partial charge in [0, 0.05) is 19.8 Å². The van der Waals surface area contributed by atoms with Crippen molar-refractivity contribution in [2.75, 3.05) is 0 Å². The molecule has 1 spiro atoms. The maximum atomic E-state index is 13.0. The number of unbranched alkanes of at least 4 members (excludes halogenated alkanes) is 1. The molecule has 150 valence electrons. The van der Waals surface area contributed by atoms with E-state index in [0.29, 0.717) is 0 Å². The zero-order valence-corrected chi connectivity index (χ0v) is 16.2. The fourth-order valence-electron chi connectivity index (χ4n) is 3.40. The lowest BCUT2D eigenvalue weighted by atomic mass is 9.64. The van der Waals surface area contributed by atoms with Crippen molar-refractivity contribution in [3.05, 3.63) is 48.8 Å². The Labute approximate surface area is 163 Å². The number of esters is 3. The van der Waals surface area contributed by atoms with Crippen molar-refractivity contribution < 1.29 is 33.4 Å². The first-order valence-electron chi connectivity index (χ1n) is 9.07. The summed E-state index contributed by atoms with van der Waals surface area (Å²) in [6.07, 6.45) is 9.61. The lowest BCUT2D eigenvalue weighted by molar-refractivity contribution is -0.183. The third-order valence-electron chi connectivity index (χ3n) is 4.58. The zero-order chi connectivity index (χ0) is 20.9. The Bertz CT molecular complexity index is 774. The molecular weight excluding hydrogens is 364 g/mol. The second-order valence-electron chi connectivity index (χ2n) is 6.63. The number of cyclic esters (lactones) is 1. The molecule has 7 nitrogen and oxygen atoms in total. The molecule has 1 fully saturated rings. The van der Waals surface area contributed by atoms with Crippen molar-refractivity contribution in [3.8, 4) is 0 Å². The van der Waals surface area contributed by atoms with Crippen LogP contribution in [0.2, 0.25) is 0 Å². The topological polar surface area (TPSA) is 96.0 Å². The molecule has 0 N–H and O–H groups in total. The Hall–Kier alpha value is -2.96.